The van der Waals surface area contributed by atoms with E-state index >= 15 is 0 Å². The van der Waals surface area contributed by atoms with Gasteiger partial charge in [-0.25, -0.2) is 0 Å². The Hall–Kier alpha value is -2.37. The Morgan fingerprint density at radius 3 is 2.45 bits per heavy atom. The molecule has 2 unspecified atom stereocenters. The van der Waals surface area contributed by atoms with Gasteiger partial charge in [-0.2, -0.15) is 0 Å². The number of rotatable bonds is 6. The fourth-order valence-corrected chi connectivity index (χ4v) is 4.54. The molecular formula is C26H35N3O2. The van der Waals surface area contributed by atoms with Gasteiger partial charge in [-0.3, -0.25) is 9.69 Å². The van der Waals surface area contributed by atoms with Crippen molar-refractivity contribution in [3.63, 3.8) is 0 Å². The number of morpholine rings is 1. The van der Waals surface area contributed by atoms with Gasteiger partial charge in [-0.15, -0.1) is 0 Å². The van der Waals surface area contributed by atoms with Crippen molar-refractivity contribution in [2.45, 2.75) is 39.3 Å². The van der Waals surface area contributed by atoms with Crippen LogP contribution >= 0.6 is 0 Å². The molecule has 2 aromatic rings. The molecule has 2 fully saturated rings. The first-order valence-corrected chi connectivity index (χ1v) is 11.6. The van der Waals surface area contributed by atoms with Crippen LogP contribution in [0.3, 0.4) is 0 Å². The van der Waals surface area contributed by atoms with Crippen LogP contribution in [-0.2, 0) is 11.3 Å². The maximum atomic E-state index is 12.7. The molecule has 2 saturated heterocycles. The van der Waals surface area contributed by atoms with E-state index in [-0.39, 0.29) is 11.9 Å². The summed E-state index contributed by atoms with van der Waals surface area (Å²) in [5.74, 6) is 0.728. The molecule has 0 bridgehead atoms. The third-order valence-corrected chi connectivity index (χ3v) is 6.49. The van der Waals surface area contributed by atoms with Crippen molar-refractivity contribution < 1.29 is 9.53 Å². The molecule has 0 spiro atoms. The Morgan fingerprint density at radius 1 is 1.06 bits per heavy atom. The second kappa shape index (κ2) is 10.3. The van der Waals surface area contributed by atoms with Gasteiger partial charge in [0.15, 0.2) is 0 Å². The van der Waals surface area contributed by atoms with Gasteiger partial charge in [0.2, 0.25) is 0 Å². The number of ether oxygens (including phenoxy) is 1. The fraction of sp³-hybridized carbons (Fsp3) is 0.500. The first-order chi connectivity index (χ1) is 15.1. The summed E-state index contributed by atoms with van der Waals surface area (Å²) in [4.78, 5) is 17.6. The number of carbonyl (C=O) groups is 1. The van der Waals surface area contributed by atoms with Crippen molar-refractivity contribution in [2.24, 2.45) is 5.92 Å². The molecule has 2 aromatic carbocycles. The number of benzene rings is 2. The Kier molecular flexibility index (Phi) is 7.25. The standard InChI is InChI=1S/C26H35N3O2/c1-20-4-3-13-29(18-20)25-11-9-23(10-12-25)21(2)27-26(30)24-7-5-22(6-8-24)19-28-14-16-31-17-15-28/h5-12,20-21H,3-4,13-19H2,1-2H3,(H,27,30). The summed E-state index contributed by atoms with van der Waals surface area (Å²) in [6, 6.07) is 16.6. The van der Waals surface area contributed by atoms with Gasteiger partial charge in [0, 0.05) is 44.0 Å². The van der Waals surface area contributed by atoms with Gasteiger partial charge in [0.1, 0.15) is 0 Å². The SMILES string of the molecule is CC1CCCN(c2ccc(C(C)NC(=O)c3ccc(CN4CCOCC4)cc3)cc2)C1. The molecule has 2 aliphatic heterocycles. The number of piperidine rings is 1. The van der Waals surface area contributed by atoms with Gasteiger partial charge in [0.05, 0.1) is 19.3 Å². The van der Waals surface area contributed by atoms with E-state index in [1.165, 1.54) is 24.1 Å². The van der Waals surface area contributed by atoms with Crippen LogP contribution in [0.4, 0.5) is 5.69 Å². The van der Waals surface area contributed by atoms with Crippen LogP contribution in [0.2, 0.25) is 0 Å². The largest absolute Gasteiger partial charge is 0.379 e. The Morgan fingerprint density at radius 2 is 1.77 bits per heavy atom. The minimum absolute atomic E-state index is 0.0284. The lowest BCUT2D eigenvalue weighted by molar-refractivity contribution is 0.0342. The van der Waals surface area contributed by atoms with Crippen LogP contribution in [-0.4, -0.2) is 50.2 Å². The van der Waals surface area contributed by atoms with Gasteiger partial charge in [-0.1, -0.05) is 31.2 Å². The monoisotopic (exact) mass is 421 g/mol. The molecule has 1 amide bonds. The van der Waals surface area contributed by atoms with E-state index in [9.17, 15) is 4.79 Å². The molecule has 0 radical (unpaired) electrons. The highest BCUT2D eigenvalue weighted by Crippen LogP contribution is 2.24. The number of hydrogen-bond donors (Lipinski definition) is 1. The molecule has 2 atom stereocenters. The van der Waals surface area contributed by atoms with E-state index in [2.05, 4.69) is 58.4 Å². The second-order valence-electron chi connectivity index (χ2n) is 9.07. The molecule has 0 aromatic heterocycles. The van der Waals surface area contributed by atoms with Crippen LogP contribution in [0.1, 0.15) is 54.2 Å². The van der Waals surface area contributed by atoms with E-state index in [0.29, 0.717) is 5.56 Å². The Bertz CT molecular complexity index is 844. The lowest BCUT2D eigenvalue weighted by atomic mass is 9.99. The molecule has 0 saturated carbocycles. The summed E-state index contributed by atoms with van der Waals surface area (Å²) in [6.07, 6.45) is 2.59. The summed E-state index contributed by atoms with van der Waals surface area (Å²) in [5.41, 5.74) is 4.35. The van der Waals surface area contributed by atoms with Crippen molar-refractivity contribution >= 4 is 11.6 Å². The Labute approximate surface area is 186 Å². The summed E-state index contributed by atoms with van der Waals surface area (Å²) in [5, 5.41) is 3.14. The van der Waals surface area contributed by atoms with Crippen LogP contribution in [0, 0.1) is 5.92 Å². The minimum Gasteiger partial charge on any atom is -0.379 e. The number of amides is 1. The van der Waals surface area contributed by atoms with E-state index in [1.54, 1.807) is 0 Å². The van der Waals surface area contributed by atoms with Gasteiger partial charge >= 0.3 is 0 Å². The van der Waals surface area contributed by atoms with E-state index in [4.69, 9.17) is 4.74 Å². The summed E-state index contributed by atoms with van der Waals surface area (Å²) >= 11 is 0. The molecular weight excluding hydrogens is 386 g/mol. The topological polar surface area (TPSA) is 44.8 Å². The van der Waals surface area contributed by atoms with Crippen molar-refractivity contribution in [3.05, 3.63) is 65.2 Å². The zero-order valence-electron chi connectivity index (χ0n) is 18.8. The van der Waals surface area contributed by atoms with Crippen LogP contribution < -0.4 is 10.2 Å². The van der Waals surface area contributed by atoms with Crippen molar-refractivity contribution in [1.29, 1.82) is 0 Å². The van der Waals surface area contributed by atoms with Crippen molar-refractivity contribution in [3.8, 4) is 0 Å². The lowest BCUT2D eigenvalue weighted by Gasteiger charge is -2.33. The number of carbonyl (C=O) groups excluding carboxylic acids is 1. The average molecular weight is 422 g/mol. The molecule has 0 aliphatic carbocycles. The number of nitrogens with one attached hydrogen (secondary N) is 1. The van der Waals surface area contributed by atoms with Crippen LogP contribution in [0.5, 0.6) is 0 Å². The van der Waals surface area contributed by atoms with Crippen molar-refractivity contribution in [2.75, 3.05) is 44.3 Å². The molecule has 5 nitrogen and oxygen atoms in total. The predicted octanol–water partition coefficient (Wildman–Crippen LogP) is 4.25. The quantitative estimate of drug-likeness (QED) is 0.758. The highest BCUT2D eigenvalue weighted by atomic mass is 16.5. The van der Waals surface area contributed by atoms with E-state index in [0.717, 1.165) is 57.4 Å². The van der Waals surface area contributed by atoms with Gasteiger partial charge < -0.3 is 15.0 Å². The normalized spacial score (nSPS) is 21.0. The fourth-order valence-electron chi connectivity index (χ4n) is 4.54. The van der Waals surface area contributed by atoms with Crippen molar-refractivity contribution in [1.82, 2.24) is 10.2 Å². The second-order valence-corrected chi connectivity index (χ2v) is 9.07. The minimum atomic E-state index is -0.0325. The highest BCUT2D eigenvalue weighted by Gasteiger charge is 2.17. The van der Waals surface area contributed by atoms with Crippen LogP contribution in [0.15, 0.2) is 48.5 Å². The number of nitrogens with zero attached hydrogens (tertiary/aromatic N) is 2. The zero-order valence-corrected chi connectivity index (χ0v) is 18.8. The third-order valence-electron chi connectivity index (χ3n) is 6.49. The maximum Gasteiger partial charge on any atom is 0.251 e. The van der Waals surface area contributed by atoms with E-state index < -0.39 is 0 Å². The molecule has 5 heteroatoms. The molecule has 2 heterocycles. The van der Waals surface area contributed by atoms with Gasteiger partial charge in [-0.05, 0) is 61.1 Å². The summed E-state index contributed by atoms with van der Waals surface area (Å²) < 4.78 is 5.41. The lowest BCUT2D eigenvalue weighted by Crippen LogP contribution is -2.35. The van der Waals surface area contributed by atoms with E-state index in [1.807, 2.05) is 19.1 Å². The zero-order chi connectivity index (χ0) is 21.6. The predicted molar refractivity (Wildman–Crippen MR) is 125 cm³/mol. The average Bonchev–Trinajstić information content (AvgIpc) is 2.80. The molecule has 2 aliphatic rings. The first-order valence-electron chi connectivity index (χ1n) is 11.6. The number of anilines is 1. The molecule has 166 valence electrons. The van der Waals surface area contributed by atoms with Crippen LogP contribution in [0.25, 0.3) is 0 Å². The Balaban J connectivity index is 1.31. The number of hydrogen-bond acceptors (Lipinski definition) is 4. The summed E-state index contributed by atoms with van der Waals surface area (Å²) in [7, 11) is 0. The first kappa shape index (κ1) is 21.8. The summed E-state index contributed by atoms with van der Waals surface area (Å²) in [6.45, 7) is 11.1. The molecule has 1 N–H and O–H groups in total. The smallest absolute Gasteiger partial charge is 0.251 e. The highest BCUT2D eigenvalue weighted by molar-refractivity contribution is 5.94. The molecule has 4 rings (SSSR count). The maximum absolute atomic E-state index is 12.7. The molecule has 31 heavy (non-hydrogen) atoms. The van der Waals surface area contributed by atoms with Gasteiger partial charge in [0.25, 0.3) is 5.91 Å². The third kappa shape index (κ3) is 5.86.